The topological polar surface area (TPSA) is 58.6 Å². The second-order valence-electron chi connectivity index (χ2n) is 4.79. The number of amides is 1. The average molecular weight is 305 g/mol. The Morgan fingerprint density at radius 3 is 2.48 bits per heavy atom. The van der Waals surface area contributed by atoms with Crippen LogP contribution in [0.1, 0.15) is 18.9 Å². The summed E-state index contributed by atoms with van der Waals surface area (Å²) in [5.41, 5.74) is 0.594. The molecule has 7 heteroatoms. The summed E-state index contributed by atoms with van der Waals surface area (Å²) < 4.78 is 39.7. The van der Waals surface area contributed by atoms with Gasteiger partial charge in [-0.25, -0.2) is 0 Å². The van der Waals surface area contributed by atoms with Gasteiger partial charge in [-0.3, -0.25) is 4.79 Å². The predicted octanol–water partition coefficient (Wildman–Crippen LogP) is 2.26. The Morgan fingerprint density at radius 1 is 1.33 bits per heavy atom. The van der Waals surface area contributed by atoms with Gasteiger partial charge in [-0.05, 0) is 30.0 Å². The van der Waals surface area contributed by atoms with Crippen molar-refractivity contribution in [3.63, 3.8) is 0 Å². The molecular weight excluding hydrogens is 287 g/mol. The highest BCUT2D eigenvalue weighted by molar-refractivity contribution is 5.78. The molecule has 1 amide bonds. The fourth-order valence-corrected chi connectivity index (χ4v) is 1.67. The van der Waals surface area contributed by atoms with Crippen LogP contribution < -0.4 is 10.1 Å². The highest BCUT2D eigenvalue weighted by Gasteiger charge is 2.30. The molecule has 1 atom stereocenters. The lowest BCUT2D eigenvalue weighted by Gasteiger charge is -2.11. The first kappa shape index (κ1) is 17.3. The first-order valence-electron chi connectivity index (χ1n) is 6.52. The molecule has 21 heavy (non-hydrogen) atoms. The summed E-state index contributed by atoms with van der Waals surface area (Å²) in [7, 11) is 0. The molecule has 0 aromatic heterocycles. The lowest BCUT2D eigenvalue weighted by atomic mass is 10.1. The highest BCUT2D eigenvalue weighted by Crippen LogP contribution is 2.22. The van der Waals surface area contributed by atoms with E-state index in [1.54, 1.807) is 0 Å². The average Bonchev–Trinajstić information content (AvgIpc) is 2.37. The number of ether oxygens (including phenoxy) is 1. The van der Waals surface area contributed by atoms with E-state index in [1.807, 2.05) is 6.92 Å². The van der Waals surface area contributed by atoms with E-state index in [-0.39, 0.29) is 30.6 Å². The smallest absolute Gasteiger partial charge is 0.406 e. The Balaban J connectivity index is 2.43. The lowest BCUT2D eigenvalue weighted by molar-refractivity contribution is -0.274. The van der Waals surface area contributed by atoms with Crippen LogP contribution in [0.25, 0.3) is 0 Å². The number of nitrogens with one attached hydrogen (secondary N) is 1. The van der Waals surface area contributed by atoms with E-state index in [4.69, 9.17) is 5.11 Å². The van der Waals surface area contributed by atoms with E-state index >= 15 is 0 Å². The zero-order chi connectivity index (χ0) is 15.9. The van der Waals surface area contributed by atoms with Crippen LogP contribution in [-0.2, 0) is 11.2 Å². The van der Waals surface area contributed by atoms with Crippen LogP contribution in [0.3, 0.4) is 0 Å². The van der Waals surface area contributed by atoms with Crippen LogP contribution in [0.2, 0.25) is 0 Å². The van der Waals surface area contributed by atoms with Gasteiger partial charge < -0.3 is 15.2 Å². The second-order valence-corrected chi connectivity index (χ2v) is 4.79. The number of rotatable bonds is 7. The summed E-state index contributed by atoms with van der Waals surface area (Å²) >= 11 is 0. The van der Waals surface area contributed by atoms with Crippen molar-refractivity contribution in [1.82, 2.24) is 5.32 Å². The van der Waals surface area contributed by atoms with E-state index < -0.39 is 6.36 Å². The molecule has 118 valence electrons. The summed E-state index contributed by atoms with van der Waals surface area (Å²) in [4.78, 5) is 11.7. The first-order chi connectivity index (χ1) is 9.80. The van der Waals surface area contributed by atoms with E-state index in [9.17, 15) is 18.0 Å². The summed E-state index contributed by atoms with van der Waals surface area (Å²) in [5.74, 6) is -0.367. The number of halogens is 3. The molecule has 0 aliphatic carbocycles. The van der Waals surface area contributed by atoms with E-state index in [2.05, 4.69) is 10.1 Å². The summed E-state index contributed by atoms with van der Waals surface area (Å²) in [6, 6.07) is 5.17. The van der Waals surface area contributed by atoms with Crippen LogP contribution in [0.4, 0.5) is 13.2 Å². The van der Waals surface area contributed by atoms with Crippen LogP contribution in [0.5, 0.6) is 5.75 Å². The largest absolute Gasteiger partial charge is 0.573 e. The normalized spacial score (nSPS) is 12.8. The number of aliphatic hydroxyl groups excluding tert-OH is 1. The van der Waals surface area contributed by atoms with Gasteiger partial charge >= 0.3 is 6.36 Å². The van der Waals surface area contributed by atoms with Crippen molar-refractivity contribution in [2.75, 3.05) is 13.2 Å². The number of benzene rings is 1. The van der Waals surface area contributed by atoms with Gasteiger partial charge in [0, 0.05) is 13.2 Å². The van der Waals surface area contributed by atoms with Gasteiger partial charge in [-0.15, -0.1) is 13.2 Å². The quantitative estimate of drug-likeness (QED) is 0.812. The van der Waals surface area contributed by atoms with E-state index in [1.165, 1.54) is 24.3 Å². The number of hydrogen-bond acceptors (Lipinski definition) is 3. The minimum Gasteiger partial charge on any atom is -0.406 e. The Bertz CT molecular complexity index is 446. The van der Waals surface area contributed by atoms with Gasteiger partial charge in [0.15, 0.2) is 0 Å². The van der Waals surface area contributed by atoms with Crippen LogP contribution in [0, 0.1) is 5.92 Å². The fraction of sp³-hybridized carbons (Fsp3) is 0.500. The predicted molar refractivity (Wildman–Crippen MR) is 70.7 cm³/mol. The van der Waals surface area contributed by atoms with Crippen molar-refractivity contribution in [2.24, 2.45) is 5.92 Å². The Labute approximate surface area is 120 Å². The van der Waals surface area contributed by atoms with E-state index in [0.717, 1.165) is 0 Å². The number of hydrogen-bond donors (Lipinski definition) is 2. The van der Waals surface area contributed by atoms with Gasteiger partial charge in [0.05, 0.1) is 6.42 Å². The van der Waals surface area contributed by atoms with Gasteiger partial charge in [0.2, 0.25) is 5.91 Å². The molecule has 0 heterocycles. The molecule has 1 unspecified atom stereocenters. The second kappa shape index (κ2) is 7.87. The molecule has 0 saturated carbocycles. The van der Waals surface area contributed by atoms with Crippen molar-refractivity contribution in [1.29, 1.82) is 0 Å². The van der Waals surface area contributed by atoms with Crippen molar-refractivity contribution in [3.8, 4) is 5.75 Å². The van der Waals surface area contributed by atoms with E-state index in [0.29, 0.717) is 18.5 Å². The van der Waals surface area contributed by atoms with Crippen molar-refractivity contribution < 1.29 is 27.8 Å². The molecule has 0 bridgehead atoms. The molecule has 0 saturated heterocycles. The van der Waals surface area contributed by atoms with Crippen LogP contribution >= 0.6 is 0 Å². The molecule has 0 spiro atoms. The zero-order valence-electron chi connectivity index (χ0n) is 11.6. The maximum absolute atomic E-state index is 12.0. The van der Waals surface area contributed by atoms with Crippen molar-refractivity contribution in [2.45, 2.75) is 26.1 Å². The molecular formula is C14H18F3NO3. The summed E-state index contributed by atoms with van der Waals surface area (Å²) in [5, 5.41) is 11.4. The molecule has 2 N–H and O–H groups in total. The zero-order valence-corrected chi connectivity index (χ0v) is 11.6. The van der Waals surface area contributed by atoms with Gasteiger partial charge in [0.1, 0.15) is 5.75 Å². The fourth-order valence-electron chi connectivity index (χ4n) is 1.67. The number of aliphatic hydroxyl groups is 1. The third-order valence-corrected chi connectivity index (χ3v) is 2.79. The SMILES string of the molecule is CC(CCO)CNC(=O)Cc1ccc(OC(F)(F)F)cc1. The molecule has 1 rings (SSSR count). The van der Waals surface area contributed by atoms with Crippen LogP contribution in [0.15, 0.2) is 24.3 Å². The molecule has 0 fully saturated rings. The van der Waals surface area contributed by atoms with Gasteiger partial charge in [-0.2, -0.15) is 0 Å². The molecule has 0 aliphatic heterocycles. The molecule has 1 aromatic carbocycles. The third kappa shape index (κ3) is 7.55. The van der Waals surface area contributed by atoms with Gasteiger partial charge in [0.25, 0.3) is 0 Å². The number of alkyl halides is 3. The van der Waals surface area contributed by atoms with Crippen LogP contribution in [-0.4, -0.2) is 30.5 Å². The third-order valence-electron chi connectivity index (χ3n) is 2.79. The standard InChI is InChI=1S/C14H18F3NO3/c1-10(6-7-19)9-18-13(20)8-11-2-4-12(5-3-11)21-14(15,16)17/h2-5,10,19H,6-9H2,1H3,(H,18,20). The Kier molecular flexibility index (Phi) is 6.48. The molecule has 0 aliphatic rings. The monoisotopic (exact) mass is 305 g/mol. The summed E-state index contributed by atoms with van der Waals surface area (Å²) in [6.07, 6.45) is -4.04. The first-order valence-corrected chi connectivity index (χ1v) is 6.52. The number of carbonyl (C=O) groups is 1. The Morgan fingerprint density at radius 2 is 1.95 bits per heavy atom. The number of carbonyl (C=O) groups excluding carboxylic acids is 1. The lowest BCUT2D eigenvalue weighted by Crippen LogP contribution is -2.29. The molecule has 4 nitrogen and oxygen atoms in total. The minimum atomic E-state index is -4.72. The van der Waals surface area contributed by atoms with Crippen molar-refractivity contribution >= 4 is 5.91 Å². The molecule has 0 radical (unpaired) electrons. The Hall–Kier alpha value is -1.76. The maximum atomic E-state index is 12.0. The maximum Gasteiger partial charge on any atom is 0.573 e. The van der Waals surface area contributed by atoms with Crippen molar-refractivity contribution in [3.05, 3.63) is 29.8 Å². The van der Waals surface area contributed by atoms with Gasteiger partial charge in [-0.1, -0.05) is 19.1 Å². The highest BCUT2D eigenvalue weighted by atomic mass is 19.4. The molecule has 1 aromatic rings. The minimum absolute atomic E-state index is 0.0672. The summed E-state index contributed by atoms with van der Waals surface area (Å²) in [6.45, 7) is 2.42.